The summed E-state index contributed by atoms with van der Waals surface area (Å²) in [5.74, 6) is 0.498. The number of amides is 1. The van der Waals surface area contributed by atoms with Crippen molar-refractivity contribution in [2.45, 2.75) is 25.3 Å². The van der Waals surface area contributed by atoms with E-state index in [1.165, 1.54) is 12.1 Å². The first-order valence-corrected chi connectivity index (χ1v) is 7.18. The molecular weight excluding hydrogens is 269 g/mol. The molecule has 1 heterocycles. The molecular formula is C16H18FN3O. The van der Waals surface area contributed by atoms with Gasteiger partial charge in [0, 0.05) is 25.4 Å². The molecule has 1 aromatic carbocycles. The molecule has 1 aliphatic carbocycles. The number of halogens is 1. The highest BCUT2D eigenvalue weighted by atomic mass is 19.1. The zero-order valence-corrected chi connectivity index (χ0v) is 11.9. The van der Waals surface area contributed by atoms with Gasteiger partial charge in [-0.25, -0.2) is 9.37 Å². The minimum absolute atomic E-state index is 0.0264. The number of nitrogens with zero attached hydrogens (tertiary/aromatic N) is 2. The average Bonchev–Trinajstić information content (AvgIpc) is 2.80. The van der Waals surface area contributed by atoms with Crippen LogP contribution in [-0.2, 0) is 11.8 Å². The molecule has 1 saturated carbocycles. The van der Waals surface area contributed by atoms with Crippen molar-refractivity contribution >= 4 is 5.91 Å². The summed E-state index contributed by atoms with van der Waals surface area (Å²) in [5.41, 5.74) is 0.706. The Kier molecular flexibility index (Phi) is 3.73. The Hall–Kier alpha value is -2.17. The van der Waals surface area contributed by atoms with Crippen LogP contribution in [0.2, 0.25) is 0 Å². The van der Waals surface area contributed by atoms with E-state index in [1.54, 1.807) is 12.3 Å². The first kappa shape index (κ1) is 13.8. The fraction of sp³-hybridized carbons (Fsp3) is 0.375. The summed E-state index contributed by atoms with van der Waals surface area (Å²) < 4.78 is 15.3. The highest BCUT2D eigenvalue weighted by molar-refractivity contribution is 5.80. The Bertz CT molecular complexity index is 648. The number of aryl methyl sites for hydroxylation is 1. The normalized spacial score (nSPS) is 16.3. The van der Waals surface area contributed by atoms with Crippen molar-refractivity contribution in [1.29, 1.82) is 0 Å². The summed E-state index contributed by atoms with van der Waals surface area (Å²) >= 11 is 0. The van der Waals surface area contributed by atoms with E-state index in [0.29, 0.717) is 11.4 Å². The van der Waals surface area contributed by atoms with Gasteiger partial charge >= 0.3 is 0 Å². The number of hydrogen-bond donors (Lipinski definition) is 1. The standard InChI is InChI=1S/C16H18FN3O/c1-20-9-8-18-15(20)14(12-6-3-7-13(17)10-12)19-16(21)11-4-2-5-11/h3,6-11,14H,2,4-5H2,1H3,(H,19,21). The molecule has 1 amide bonds. The fourth-order valence-corrected chi connectivity index (χ4v) is 2.57. The van der Waals surface area contributed by atoms with Crippen LogP contribution in [0, 0.1) is 11.7 Å². The Labute approximate surface area is 123 Å². The maximum Gasteiger partial charge on any atom is 0.223 e. The van der Waals surface area contributed by atoms with Crippen LogP contribution in [0.5, 0.6) is 0 Å². The molecule has 0 radical (unpaired) electrons. The summed E-state index contributed by atoms with van der Waals surface area (Å²) in [6, 6.07) is 5.88. The average molecular weight is 287 g/mol. The van der Waals surface area contributed by atoms with Gasteiger partial charge in [-0.2, -0.15) is 0 Å². The molecule has 110 valence electrons. The van der Waals surface area contributed by atoms with E-state index in [-0.39, 0.29) is 17.6 Å². The summed E-state index contributed by atoms with van der Waals surface area (Å²) in [7, 11) is 1.87. The lowest BCUT2D eigenvalue weighted by molar-refractivity contribution is -0.127. The van der Waals surface area contributed by atoms with Gasteiger partial charge in [0.15, 0.2) is 0 Å². The van der Waals surface area contributed by atoms with E-state index in [9.17, 15) is 9.18 Å². The van der Waals surface area contributed by atoms with E-state index in [2.05, 4.69) is 10.3 Å². The van der Waals surface area contributed by atoms with Crippen molar-refractivity contribution in [3.63, 3.8) is 0 Å². The molecule has 1 aliphatic rings. The molecule has 1 aromatic heterocycles. The lowest BCUT2D eigenvalue weighted by Crippen LogP contribution is -2.38. The van der Waals surface area contributed by atoms with E-state index in [1.807, 2.05) is 23.9 Å². The van der Waals surface area contributed by atoms with Gasteiger partial charge in [0.05, 0.1) is 0 Å². The lowest BCUT2D eigenvalue weighted by atomic mass is 9.84. The van der Waals surface area contributed by atoms with Gasteiger partial charge < -0.3 is 9.88 Å². The Morgan fingerprint density at radius 1 is 1.48 bits per heavy atom. The van der Waals surface area contributed by atoms with Crippen LogP contribution >= 0.6 is 0 Å². The fourth-order valence-electron chi connectivity index (χ4n) is 2.57. The molecule has 1 N–H and O–H groups in total. The molecule has 1 fully saturated rings. The SMILES string of the molecule is Cn1ccnc1C(NC(=O)C1CCC1)c1cccc(F)c1. The second-order valence-electron chi connectivity index (χ2n) is 5.52. The monoisotopic (exact) mass is 287 g/mol. The Balaban J connectivity index is 1.91. The molecule has 1 atom stereocenters. The number of imidazole rings is 1. The molecule has 0 saturated heterocycles. The number of nitrogens with one attached hydrogen (secondary N) is 1. The number of rotatable bonds is 4. The number of benzene rings is 1. The van der Waals surface area contributed by atoms with Gasteiger partial charge in [-0.05, 0) is 30.5 Å². The van der Waals surface area contributed by atoms with E-state index >= 15 is 0 Å². The number of carbonyl (C=O) groups is 1. The third kappa shape index (κ3) is 2.82. The molecule has 0 spiro atoms. The maximum atomic E-state index is 13.5. The second kappa shape index (κ2) is 5.68. The minimum atomic E-state index is -0.422. The molecule has 5 heteroatoms. The highest BCUT2D eigenvalue weighted by Gasteiger charge is 2.29. The van der Waals surface area contributed by atoms with Gasteiger partial charge in [0.1, 0.15) is 17.7 Å². The van der Waals surface area contributed by atoms with Gasteiger partial charge in [-0.1, -0.05) is 18.6 Å². The maximum absolute atomic E-state index is 13.5. The van der Waals surface area contributed by atoms with Crippen LogP contribution in [0.4, 0.5) is 4.39 Å². The Morgan fingerprint density at radius 3 is 2.86 bits per heavy atom. The van der Waals surface area contributed by atoms with Gasteiger partial charge in [-0.3, -0.25) is 4.79 Å². The van der Waals surface area contributed by atoms with Crippen LogP contribution in [0.25, 0.3) is 0 Å². The Morgan fingerprint density at radius 2 is 2.29 bits per heavy atom. The number of hydrogen-bond acceptors (Lipinski definition) is 2. The number of aromatic nitrogens is 2. The highest BCUT2D eigenvalue weighted by Crippen LogP contribution is 2.28. The van der Waals surface area contributed by atoms with E-state index in [0.717, 1.165) is 19.3 Å². The van der Waals surface area contributed by atoms with Crippen LogP contribution in [-0.4, -0.2) is 15.5 Å². The number of carbonyl (C=O) groups excluding carboxylic acids is 1. The minimum Gasteiger partial charge on any atom is -0.342 e. The summed E-state index contributed by atoms with van der Waals surface area (Å²) in [6.07, 6.45) is 6.46. The van der Waals surface area contributed by atoms with E-state index in [4.69, 9.17) is 0 Å². The third-order valence-corrected chi connectivity index (χ3v) is 4.06. The predicted molar refractivity (Wildman–Crippen MR) is 76.9 cm³/mol. The third-order valence-electron chi connectivity index (χ3n) is 4.06. The van der Waals surface area contributed by atoms with Crippen molar-refractivity contribution in [2.75, 3.05) is 0 Å². The lowest BCUT2D eigenvalue weighted by Gasteiger charge is -2.27. The van der Waals surface area contributed by atoms with Crippen molar-refractivity contribution < 1.29 is 9.18 Å². The van der Waals surface area contributed by atoms with E-state index < -0.39 is 6.04 Å². The second-order valence-corrected chi connectivity index (χ2v) is 5.52. The predicted octanol–water partition coefficient (Wildman–Crippen LogP) is 2.56. The largest absolute Gasteiger partial charge is 0.342 e. The van der Waals surface area contributed by atoms with Crippen molar-refractivity contribution in [1.82, 2.24) is 14.9 Å². The summed E-state index contributed by atoms with van der Waals surface area (Å²) in [6.45, 7) is 0. The van der Waals surface area contributed by atoms with Gasteiger partial charge in [0.2, 0.25) is 5.91 Å². The molecule has 1 unspecified atom stereocenters. The molecule has 0 aliphatic heterocycles. The molecule has 2 aromatic rings. The molecule has 0 bridgehead atoms. The first-order valence-electron chi connectivity index (χ1n) is 7.18. The van der Waals surface area contributed by atoms with Crippen LogP contribution in [0.15, 0.2) is 36.7 Å². The van der Waals surface area contributed by atoms with Crippen LogP contribution in [0.1, 0.15) is 36.7 Å². The molecule has 21 heavy (non-hydrogen) atoms. The molecule has 3 rings (SSSR count). The van der Waals surface area contributed by atoms with Crippen molar-refractivity contribution in [3.05, 3.63) is 53.9 Å². The zero-order chi connectivity index (χ0) is 14.8. The van der Waals surface area contributed by atoms with Crippen LogP contribution < -0.4 is 5.32 Å². The smallest absolute Gasteiger partial charge is 0.223 e. The van der Waals surface area contributed by atoms with Crippen LogP contribution in [0.3, 0.4) is 0 Å². The zero-order valence-electron chi connectivity index (χ0n) is 11.9. The quantitative estimate of drug-likeness (QED) is 0.939. The van der Waals surface area contributed by atoms with Crippen molar-refractivity contribution in [2.24, 2.45) is 13.0 Å². The topological polar surface area (TPSA) is 46.9 Å². The van der Waals surface area contributed by atoms with Crippen molar-refractivity contribution in [3.8, 4) is 0 Å². The summed E-state index contributed by atoms with van der Waals surface area (Å²) in [5, 5.41) is 3.02. The van der Waals surface area contributed by atoms with Gasteiger partial charge in [0.25, 0.3) is 0 Å². The first-order chi connectivity index (χ1) is 10.1. The van der Waals surface area contributed by atoms with Gasteiger partial charge in [-0.15, -0.1) is 0 Å². The summed E-state index contributed by atoms with van der Waals surface area (Å²) in [4.78, 5) is 16.6. The molecule has 4 nitrogen and oxygen atoms in total.